The van der Waals surface area contributed by atoms with Gasteiger partial charge in [0.2, 0.25) is 5.88 Å². The average molecular weight is 571 g/mol. The molecule has 2 aromatic heterocycles. The Kier molecular flexibility index (Phi) is 6.20. The molecule has 8 rings (SSSR count). The fraction of sp³-hybridized carbons (Fsp3) is 0.469. The summed E-state index contributed by atoms with van der Waals surface area (Å²) in [7, 11) is 1.67. The molecule has 0 amide bonds. The molecule has 0 spiro atoms. The molecule has 2 unspecified atom stereocenters. The number of piperazine rings is 1. The molecule has 41 heavy (non-hydrogen) atoms. The number of ether oxygens (including phenoxy) is 2. The summed E-state index contributed by atoms with van der Waals surface area (Å²) in [6.45, 7) is 4.74. The van der Waals surface area contributed by atoms with Gasteiger partial charge >= 0.3 is 6.01 Å². The summed E-state index contributed by atoms with van der Waals surface area (Å²) >= 11 is 6.73. The molecule has 4 saturated heterocycles. The lowest BCUT2D eigenvalue weighted by Gasteiger charge is -2.34. The molecule has 0 saturated carbocycles. The van der Waals surface area contributed by atoms with Gasteiger partial charge in [0.15, 0.2) is 5.82 Å². The molecule has 6 heterocycles. The molecule has 2 atom stereocenters. The second kappa shape index (κ2) is 9.96. The molecule has 1 N–H and O–H groups in total. The van der Waals surface area contributed by atoms with Crippen molar-refractivity contribution in [3.63, 3.8) is 0 Å². The van der Waals surface area contributed by atoms with Crippen LogP contribution >= 0.6 is 11.6 Å². The summed E-state index contributed by atoms with van der Waals surface area (Å²) in [5.41, 5.74) is 3.44. The number of pyridine rings is 1. The standard InChI is InChI=1S/C32H35ClN6O2/c1-40-30-24(23-8-2-6-20-7-3-9-25(33)27(20)23)16-26-28(36-30)29(38-17-21-10-11-22(18-38)34-21)37-31(35-26)41-19-32-12-4-14-39(32)15-5-13-32/h2-3,6-9,16,21-22,34H,4-5,10-15,17-19H2,1H3. The SMILES string of the molecule is COc1nc2c(N3CC4CCC(C3)N4)nc(OCC34CCCN3CCC4)nc2cc1-c1cccc2cccc(Cl)c12. The third-order valence-electron chi connectivity index (χ3n) is 9.73. The quantitative estimate of drug-likeness (QED) is 0.328. The van der Waals surface area contributed by atoms with Crippen LogP contribution in [-0.4, -0.2) is 77.4 Å². The van der Waals surface area contributed by atoms with E-state index >= 15 is 0 Å². The number of anilines is 1. The van der Waals surface area contributed by atoms with Crippen molar-refractivity contribution >= 4 is 39.2 Å². The summed E-state index contributed by atoms with van der Waals surface area (Å²) < 4.78 is 12.4. The van der Waals surface area contributed by atoms with E-state index in [4.69, 9.17) is 36.0 Å². The molecule has 9 heteroatoms. The minimum absolute atomic E-state index is 0.121. The number of rotatable bonds is 6. The van der Waals surface area contributed by atoms with Crippen LogP contribution in [0.25, 0.3) is 32.9 Å². The Balaban J connectivity index is 1.26. The van der Waals surface area contributed by atoms with Gasteiger partial charge in [-0.3, -0.25) is 4.90 Å². The van der Waals surface area contributed by atoms with Crippen LogP contribution in [0.5, 0.6) is 11.9 Å². The van der Waals surface area contributed by atoms with Crippen molar-refractivity contribution in [2.75, 3.05) is 44.8 Å². The first-order valence-corrected chi connectivity index (χ1v) is 15.3. The molecule has 4 aliphatic rings. The minimum Gasteiger partial charge on any atom is -0.481 e. The van der Waals surface area contributed by atoms with Gasteiger partial charge in [-0.1, -0.05) is 41.9 Å². The number of benzene rings is 2. The zero-order valence-corrected chi connectivity index (χ0v) is 24.2. The number of halogens is 1. The first kappa shape index (κ1) is 25.5. The maximum atomic E-state index is 6.73. The number of nitrogens with zero attached hydrogens (tertiary/aromatic N) is 5. The third kappa shape index (κ3) is 4.30. The number of hydrogen-bond acceptors (Lipinski definition) is 8. The van der Waals surface area contributed by atoms with Gasteiger partial charge in [0.25, 0.3) is 0 Å². The van der Waals surface area contributed by atoms with Gasteiger partial charge < -0.3 is 19.7 Å². The first-order chi connectivity index (χ1) is 20.1. The minimum atomic E-state index is 0.121. The summed E-state index contributed by atoms with van der Waals surface area (Å²) in [5.74, 6) is 1.37. The van der Waals surface area contributed by atoms with E-state index < -0.39 is 0 Å². The molecule has 2 aromatic carbocycles. The van der Waals surface area contributed by atoms with Crippen LogP contribution in [0.3, 0.4) is 0 Å². The van der Waals surface area contributed by atoms with Crippen molar-refractivity contribution in [2.24, 2.45) is 0 Å². The van der Waals surface area contributed by atoms with Gasteiger partial charge in [0, 0.05) is 41.1 Å². The average Bonchev–Trinajstić information content (AvgIpc) is 3.68. The number of hydrogen-bond donors (Lipinski definition) is 1. The Bertz CT molecular complexity index is 1620. The van der Waals surface area contributed by atoms with E-state index in [-0.39, 0.29) is 5.54 Å². The van der Waals surface area contributed by atoms with E-state index in [0.29, 0.717) is 35.6 Å². The van der Waals surface area contributed by atoms with Crippen molar-refractivity contribution in [1.29, 1.82) is 0 Å². The smallest absolute Gasteiger partial charge is 0.319 e. The van der Waals surface area contributed by atoms with Crippen molar-refractivity contribution in [1.82, 2.24) is 25.2 Å². The molecule has 4 aliphatic heterocycles. The van der Waals surface area contributed by atoms with E-state index in [1.165, 1.54) is 38.5 Å². The maximum absolute atomic E-state index is 6.73. The zero-order chi connectivity index (χ0) is 27.6. The predicted molar refractivity (Wildman–Crippen MR) is 162 cm³/mol. The van der Waals surface area contributed by atoms with Gasteiger partial charge in [-0.15, -0.1) is 0 Å². The fourth-order valence-electron chi connectivity index (χ4n) is 7.79. The summed E-state index contributed by atoms with van der Waals surface area (Å²) in [6.07, 6.45) is 7.21. The van der Waals surface area contributed by atoms with Crippen molar-refractivity contribution in [3.8, 4) is 23.0 Å². The van der Waals surface area contributed by atoms with Crippen LogP contribution in [0.15, 0.2) is 42.5 Å². The lowest BCUT2D eigenvalue weighted by atomic mass is 9.95. The van der Waals surface area contributed by atoms with Crippen LogP contribution in [0.4, 0.5) is 5.82 Å². The fourth-order valence-corrected chi connectivity index (χ4v) is 8.07. The predicted octanol–water partition coefficient (Wildman–Crippen LogP) is 5.45. The Morgan fingerprint density at radius 1 is 0.976 bits per heavy atom. The number of nitrogens with one attached hydrogen (secondary N) is 1. The Labute approximate surface area is 245 Å². The second-order valence-corrected chi connectivity index (χ2v) is 12.5. The van der Waals surface area contributed by atoms with Gasteiger partial charge in [-0.05, 0) is 74.7 Å². The van der Waals surface area contributed by atoms with Gasteiger partial charge in [-0.25, -0.2) is 4.98 Å². The molecule has 4 aromatic rings. The third-order valence-corrected chi connectivity index (χ3v) is 10.0. The Hall–Kier alpha value is -3.20. The van der Waals surface area contributed by atoms with E-state index in [1.807, 2.05) is 18.2 Å². The molecular formula is C32H35ClN6O2. The lowest BCUT2D eigenvalue weighted by molar-refractivity contribution is 0.108. The Morgan fingerprint density at radius 2 is 1.73 bits per heavy atom. The van der Waals surface area contributed by atoms with Crippen LogP contribution in [0.2, 0.25) is 5.02 Å². The van der Waals surface area contributed by atoms with Crippen molar-refractivity contribution in [3.05, 3.63) is 47.5 Å². The topological polar surface area (TPSA) is 75.6 Å². The first-order valence-electron chi connectivity index (χ1n) is 14.9. The molecule has 4 fully saturated rings. The molecule has 212 valence electrons. The highest BCUT2D eigenvalue weighted by Gasteiger charge is 2.45. The number of aromatic nitrogens is 3. The normalized spacial score (nSPS) is 23.4. The molecule has 8 nitrogen and oxygen atoms in total. The van der Waals surface area contributed by atoms with E-state index in [0.717, 1.165) is 64.9 Å². The summed E-state index contributed by atoms with van der Waals surface area (Å²) in [5, 5.41) is 6.47. The van der Waals surface area contributed by atoms with Gasteiger partial charge in [0.1, 0.15) is 12.1 Å². The van der Waals surface area contributed by atoms with E-state index in [2.05, 4.69) is 39.4 Å². The van der Waals surface area contributed by atoms with Gasteiger partial charge in [-0.2, -0.15) is 9.97 Å². The highest BCUT2D eigenvalue weighted by molar-refractivity contribution is 6.36. The summed E-state index contributed by atoms with van der Waals surface area (Å²) in [6, 6.07) is 15.6. The Morgan fingerprint density at radius 3 is 2.49 bits per heavy atom. The molecule has 0 aliphatic carbocycles. The molecular weight excluding hydrogens is 536 g/mol. The summed E-state index contributed by atoms with van der Waals surface area (Å²) in [4.78, 5) is 20.1. The van der Waals surface area contributed by atoms with Crippen molar-refractivity contribution in [2.45, 2.75) is 56.1 Å². The van der Waals surface area contributed by atoms with Crippen LogP contribution in [0.1, 0.15) is 38.5 Å². The number of fused-ring (bicyclic) bond motifs is 5. The lowest BCUT2D eigenvalue weighted by Crippen LogP contribution is -2.51. The molecule has 2 bridgehead atoms. The molecule has 0 radical (unpaired) electrons. The zero-order valence-electron chi connectivity index (χ0n) is 23.4. The highest BCUT2D eigenvalue weighted by atomic mass is 35.5. The van der Waals surface area contributed by atoms with Crippen LogP contribution in [-0.2, 0) is 0 Å². The van der Waals surface area contributed by atoms with E-state index in [9.17, 15) is 0 Å². The maximum Gasteiger partial charge on any atom is 0.319 e. The van der Waals surface area contributed by atoms with Gasteiger partial charge in [0.05, 0.1) is 18.2 Å². The monoisotopic (exact) mass is 570 g/mol. The second-order valence-electron chi connectivity index (χ2n) is 12.1. The highest BCUT2D eigenvalue weighted by Crippen LogP contribution is 2.42. The van der Waals surface area contributed by atoms with Crippen molar-refractivity contribution < 1.29 is 9.47 Å². The number of methoxy groups -OCH3 is 1. The van der Waals surface area contributed by atoms with E-state index in [1.54, 1.807) is 7.11 Å². The largest absolute Gasteiger partial charge is 0.481 e. The van der Waals surface area contributed by atoms with Crippen LogP contribution < -0.4 is 19.7 Å². The van der Waals surface area contributed by atoms with Crippen LogP contribution in [0, 0.1) is 0 Å².